The lowest BCUT2D eigenvalue weighted by Gasteiger charge is -2.40. The molecule has 2 N–H and O–H groups in total. The zero-order valence-corrected chi connectivity index (χ0v) is 17.5. The second-order valence-electron chi connectivity index (χ2n) is 9.21. The molecule has 0 unspecified atom stereocenters. The third-order valence-corrected chi connectivity index (χ3v) is 7.13. The highest BCUT2D eigenvalue weighted by atomic mass is 16.3. The normalized spacial score (nSPS) is 25.2. The van der Waals surface area contributed by atoms with Gasteiger partial charge in [-0.1, -0.05) is 90.2 Å². The molecule has 2 aliphatic rings. The van der Waals surface area contributed by atoms with Crippen LogP contribution in [0, 0.1) is 11.8 Å². The number of unbranched alkanes of at least 4 members (excludes halogenated alkanes) is 2. The summed E-state index contributed by atoms with van der Waals surface area (Å²) in [5, 5.41) is 22.6. The van der Waals surface area contributed by atoms with Crippen LogP contribution in [0.1, 0.15) is 117 Å². The Labute approximate surface area is 162 Å². The SMILES string of the molecule is CCCC[C@@H](/C=C\[C@@H](CCCC)C1(O)CCCCC1)C1(O)CCCCC1. The van der Waals surface area contributed by atoms with Gasteiger partial charge in [-0.15, -0.1) is 0 Å². The van der Waals surface area contributed by atoms with Crippen LogP contribution in [0.4, 0.5) is 0 Å². The minimum atomic E-state index is -0.506. The third kappa shape index (κ3) is 6.09. The zero-order valence-electron chi connectivity index (χ0n) is 17.5. The van der Waals surface area contributed by atoms with Gasteiger partial charge in [-0.2, -0.15) is 0 Å². The van der Waals surface area contributed by atoms with Gasteiger partial charge in [-0.3, -0.25) is 0 Å². The first kappa shape index (κ1) is 22.0. The van der Waals surface area contributed by atoms with E-state index in [9.17, 15) is 10.2 Å². The van der Waals surface area contributed by atoms with Gasteiger partial charge in [0.15, 0.2) is 0 Å². The van der Waals surface area contributed by atoms with Crippen molar-refractivity contribution >= 4 is 0 Å². The van der Waals surface area contributed by atoms with Gasteiger partial charge in [0.05, 0.1) is 11.2 Å². The highest BCUT2D eigenvalue weighted by molar-refractivity contribution is 5.06. The Balaban J connectivity index is 2.13. The van der Waals surface area contributed by atoms with Crippen molar-refractivity contribution in [2.24, 2.45) is 11.8 Å². The molecule has 2 rings (SSSR count). The van der Waals surface area contributed by atoms with E-state index in [1.165, 1.54) is 38.5 Å². The molecule has 0 heterocycles. The summed E-state index contributed by atoms with van der Waals surface area (Å²) in [6.07, 6.45) is 22.6. The van der Waals surface area contributed by atoms with E-state index in [-0.39, 0.29) is 11.8 Å². The van der Waals surface area contributed by atoms with Gasteiger partial charge in [-0.25, -0.2) is 0 Å². The van der Waals surface area contributed by atoms with E-state index in [0.717, 1.165) is 64.2 Å². The van der Waals surface area contributed by atoms with Gasteiger partial charge in [0, 0.05) is 11.8 Å². The smallest absolute Gasteiger partial charge is 0.0710 e. The van der Waals surface area contributed by atoms with E-state index in [4.69, 9.17) is 0 Å². The Morgan fingerprint density at radius 3 is 1.31 bits per heavy atom. The van der Waals surface area contributed by atoms with Crippen molar-refractivity contribution in [3.05, 3.63) is 12.2 Å². The predicted molar refractivity (Wildman–Crippen MR) is 111 cm³/mol. The Morgan fingerprint density at radius 2 is 1.00 bits per heavy atom. The lowest BCUT2D eigenvalue weighted by Crippen LogP contribution is -2.41. The van der Waals surface area contributed by atoms with Crippen molar-refractivity contribution < 1.29 is 10.2 Å². The van der Waals surface area contributed by atoms with Crippen LogP contribution in [0.2, 0.25) is 0 Å². The van der Waals surface area contributed by atoms with Crippen LogP contribution in [-0.2, 0) is 0 Å². The summed E-state index contributed by atoms with van der Waals surface area (Å²) in [4.78, 5) is 0. The molecule has 2 fully saturated rings. The standard InChI is InChI=1S/C24H44O2/c1-3-5-13-21(23(25)17-9-7-10-18-23)15-16-22(14-6-4-2)24(26)19-11-8-12-20-24/h15-16,21-22,25-26H,3-14,17-20H2,1-2H3/b16-15-/t21-,22+. The Hall–Kier alpha value is -0.340. The van der Waals surface area contributed by atoms with Crippen molar-refractivity contribution in [3.8, 4) is 0 Å². The van der Waals surface area contributed by atoms with E-state index in [1.807, 2.05) is 0 Å². The van der Waals surface area contributed by atoms with Crippen LogP contribution in [0.15, 0.2) is 12.2 Å². The van der Waals surface area contributed by atoms with E-state index in [1.54, 1.807) is 0 Å². The summed E-state index contributed by atoms with van der Waals surface area (Å²) in [6.45, 7) is 4.47. The van der Waals surface area contributed by atoms with Crippen LogP contribution < -0.4 is 0 Å². The molecule has 0 aromatic heterocycles. The largest absolute Gasteiger partial charge is 0.389 e. The maximum absolute atomic E-state index is 11.3. The quantitative estimate of drug-likeness (QED) is 0.432. The first-order valence-electron chi connectivity index (χ1n) is 11.7. The molecule has 2 saturated carbocycles. The summed E-state index contributed by atoms with van der Waals surface area (Å²) in [5.41, 5.74) is -1.01. The lowest BCUT2D eigenvalue weighted by molar-refractivity contribution is -0.0421. The Kier molecular flexibility index (Phi) is 9.17. The van der Waals surface area contributed by atoms with Gasteiger partial charge >= 0.3 is 0 Å². The number of rotatable bonds is 10. The van der Waals surface area contributed by atoms with Crippen molar-refractivity contribution in [1.29, 1.82) is 0 Å². The highest BCUT2D eigenvalue weighted by Gasteiger charge is 2.38. The molecule has 0 aromatic rings. The molecule has 2 heteroatoms. The maximum Gasteiger partial charge on any atom is 0.0710 e. The van der Waals surface area contributed by atoms with Gasteiger partial charge in [0.25, 0.3) is 0 Å². The summed E-state index contributed by atoms with van der Waals surface area (Å²) in [6, 6.07) is 0. The number of hydrogen-bond donors (Lipinski definition) is 2. The molecule has 0 radical (unpaired) electrons. The van der Waals surface area contributed by atoms with Crippen LogP contribution in [-0.4, -0.2) is 21.4 Å². The fraction of sp³-hybridized carbons (Fsp3) is 0.917. The molecule has 2 nitrogen and oxygen atoms in total. The molecule has 0 amide bonds. The second-order valence-corrected chi connectivity index (χ2v) is 9.21. The number of aliphatic hydroxyl groups is 2. The topological polar surface area (TPSA) is 40.5 Å². The molecular formula is C24H44O2. The Bertz CT molecular complexity index is 364. The fourth-order valence-corrected chi connectivity index (χ4v) is 5.27. The monoisotopic (exact) mass is 364 g/mol. The molecule has 0 aromatic carbocycles. The first-order valence-corrected chi connectivity index (χ1v) is 11.7. The van der Waals surface area contributed by atoms with Crippen molar-refractivity contribution in [2.45, 2.75) is 128 Å². The molecule has 0 aliphatic heterocycles. The van der Waals surface area contributed by atoms with E-state index in [2.05, 4.69) is 26.0 Å². The maximum atomic E-state index is 11.3. The zero-order chi connectivity index (χ0) is 18.9. The van der Waals surface area contributed by atoms with Crippen molar-refractivity contribution in [1.82, 2.24) is 0 Å². The molecule has 0 spiro atoms. The second kappa shape index (κ2) is 10.9. The average molecular weight is 365 g/mol. The van der Waals surface area contributed by atoms with Gasteiger partial charge in [-0.05, 0) is 38.5 Å². The molecule has 2 atom stereocenters. The van der Waals surface area contributed by atoms with Crippen LogP contribution in [0.5, 0.6) is 0 Å². The van der Waals surface area contributed by atoms with Crippen molar-refractivity contribution in [2.75, 3.05) is 0 Å². The van der Waals surface area contributed by atoms with Crippen LogP contribution in [0.3, 0.4) is 0 Å². The molecule has 0 saturated heterocycles. The third-order valence-electron chi connectivity index (χ3n) is 7.13. The molecule has 0 bridgehead atoms. The van der Waals surface area contributed by atoms with Gasteiger partial charge in [0.1, 0.15) is 0 Å². The van der Waals surface area contributed by atoms with E-state index in [0.29, 0.717) is 0 Å². The van der Waals surface area contributed by atoms with Gasteiger partial charge < -0.3 is 10.2 Å². The number of hydrogen-bond acceptors (Lipinski definition) is 2. The summed E-state index contributed by atoms with van der Waals surface area (Å²) < 4.78 is 0. The molecular weight excluding hydrogens is 320 g/mol. The van der Waals surface area contributed by atoms with Crippen molar-refractivity contribution in [3.63, 3.8) is 0 Å². The fourth-order valence-electron chi connectivity index (χ4n) is 5.27. The summed E-state index contributed by atoms with van der Waals surface area (Å²) >= 11 is 0. The van der Waals surface area contributed by atoms with E-state index >= 15 is 0 Å². The highest BCUT2D eigenvalue weighted by Crippen LogP contribution is 2.41. The lowest BCUT2D eigenvalue weighted by atomic mass is 9.71. The van der Waals surface area contributed by atoms with Gasteiger partial charge in [0.2, 0.25) is 0 Å². The molecule has 2 aliphatic carbocycles. The minimum Gasteiger partial charge on any atom is -0.389 e. The molecule has 152 valence electrons. The van der Waals surface area contributed by atoms with E-state index < -0.39 is 11.2 Å². The van der Waals surface area contributed by atoms with Crippen LogP contribution in [0.25, 0.3) is 0 Å². The first-order chi connectivity index (χ1) is 12.5. The summed E-state index contributed by atoms with van der Waals surface area (Å²) in [7, 11) is 0. The molecule has 26 heavy (non-hydrogen) atoms. The van der Waals surface area contributed by atoms with Crippen LogP contribution >= 0.6 is 0 Å². The average Bonchev–Trinajstić information content (AvgIpc) is 2.65. The predicted octanol–water partition coefficient (Wildman–Crippen LogP) is 6.55. The minimum absolute atomic E-state index is 0.263. The summed E-state index contributed by atoms with van der Waals surface area (Å²) in [5.74, 6) is 0.526. The Morgan fingerprint density at radius 1 is 0.654 bits per heavy atom.